The second-order valence-electron chi connectivity index (χ2n) is 3.19. The molecule has 0 unspecified atom stereocenters. The molecule has 0 aliphatic carbocycles. The Bertz CT molecular complexity index is 298. The monoisotopic (exact) mass is 327 g/mol. The lowest BCUT2D eigenvalue weighted by atomic mass is 10.3. The Morgan fingerprint density at radius 2 is 2.29 bits per heavy atom. The van der Waals surface area contributed by atoms with E-state index in [9.17, 15) is 0 Å². The van der Waals surface area contributed by atoms with Crippen molar-refractivity contribution in [3.63, 3.8) is 0 Å². The number of aromatic nitrogens is 2. The number of hydrogen-bond acceptors (Lipinski definition) is 2. The Morgan fingerprint density at radius 3 is 2.79 bits per heavy atom. The Balaban J connectivity index is 2.49. The van der Waals surface area contributed by atoms with Gasteiger partial charge in [0.25, 0.3) is 0 Å². The molecule has 0 radical (unpaired) electrons. The van der Waals surface area contributed by atoms with Gasteiger partial charge in [-0.1, -0.05) is 34.2 Å². The van der Waals surface area contributed by atoms with E-state index in [0.29, 0.717) is 0 Å². The van der Waals surface area contributed by atoms with E-state index in [2.05, 4.69) is 33.0 Å². The molecule has 0 saturated carbocycles. The van der Waals surface area contributed by atoms with Gasteiger partial charge in [0, 0.05) is 18.0 Å². The smallest absolute Gasteiger partial charge is 0.0860 e. The lowest BCUT2D eigenvalue weighted by Crippen LogP contribution is -2.17. The zero-order valence-electron chi connectivity index (χ0n) is 8.48. The first-order chi connectivity index (χ1) is 6.66. The summed E-state index contributed by atoms with van der Waals surface area (Å²) in [5, 5.41) is 8.39. The number of halogens is 2. The van der Waals surface area contributed by atoms with Gasteiger partial charge in [-0.05, 0) is 19.9 Å². The van der Waals surface area contributed by atoms with Crippen molar-refractivity contribution < 1.29 is 0 Å². The average molecular weight is 328 g/mol. The predicted octanol–water partition coefficient (Wildman–Crippen LogP) is 2.30. The maximum atomic E-state index is 6.10. The van der Waals surface area contributed by atoms with Crippen molar-refractivity contribution in [2.75, 3.05) is 11.0 Å². The van der Waals surface area contributed by atoms with Crippen molar-refractivity contribution in [3.05, 3.63) is 16.4 Å². The normalized spacial score (nSPS) is 10.9. The van der Waals surface area contributed by atoms with Gasteiger partial charge in [-0.2, -0.15) is 5.10 Å². The fourth-order valence-electron chi connectivity index (χ4n) is 1.27. The van der Waals surface area contributed by atoms with Crippen LogP contribution in [0.3, 0.4) is 0 Å². The van der Waals surface area contributed by atoms with Crippen LogP contribution in [-0.2, 0) is 13.6 Å². The van der Waals surface area contributed by atoms with Crippen molar-refractivity contribution in [2.24, 2.45) is 7.05 Å². The number of alkyl halides is 1. The van der Waals surface area contributed by atoms with E-state index in [1.165, 1.54) is 10.8 Å². The quantitative estimate of drug-likeness (QED) is 0.511. The first-order valence-electron chi connectivity index (χ1n) is 4.61. The van der Waals surface area contributed by atoms with Gasteiger partial charge >= 0.3 is 0 Å². The molecule has 0 fully saturated rings. The van der Waals surface area contributed by atoms with Crippen LogP contribution in [-0.4, -0.2) is 20.8 Å². The zero-order valence-corrected chi connectivity index (χ0v) is 11.4. The molecular formula is C9H15ClIN3. The van der Waals surface area contributed by atoms with E-state index in [0.717, 1.165) is 29.5 Å². The number of rotatable bonds is 5. The summed E-state index contributed by atoms with van der Waals surface area (Å²) in [4.78, 5) is 0. The fourth-order valence-corrected chi connectivity index (χ4v) is 1.88. The van der Waals surface area contributed by atoms with Crippen LogP contribution in [0.1, 0.15) is 17.8 Å². The molecule has 0 atom stereocenters. The standard InChI is InChI=1S/C9H15ClIN3/c1-7-9(10)8(14(2)13-7)6-12-5-3-4-11/h12H,3-6H2,1-2H3. The molecule has 1 aromatic heterocycles. The first-order valence-corrected chi connectivity index (χ1v) is 6.51. The summed E-state index contributed by atoms with van der Waals surface area (Å²) in [6, 6.07) is 0. The molecule has 0 amide bonds. The summed E-state index contributed by atoms with van der Waals surface area (Å²) < 4.78 is 3.03. The third-order valence-corrected chi connectivity index (χ3v) is 3.30. The molecule has 0 aromatic carbocycles. The molecule has 1 heterocycles. The SMILES string of the molecule is Cc1nn(C)c(CNCCCI)c1Cl. The Labute approximate surface area is 103 Å². The third kappa shape index (κ3) is 3.10. The van der Waals surface area contributed by atoms with E-state index in [1.54, 1.807) is 0 Å². The summed E-state index contributed by atoms with van der Waals surface area (Å²) in [6.07, 6.45) is 1.19. The lowest BCUT2D eigenvalue weighted by Gasteiger charge is -2.04. The highest BCUT2D eigenvalue weighted by atomic mass is 127. The van der Waals surface area contributed by atoms with Crippen LogP contribution < -0.4 is 5.32 Å². The fraction of sp³-hybridized carbons (Fsp3) is 0.667. The number of nitrogens with zero attached hydrogens (tertiary/aromatic N) is 2. The van der Waals surface area contributed by atoms with Crippen LogP contribution in [0.15, 0.2) is 0 Å². The van der Waals surface area contributed by atoms with Gasteiger partial charge < -0.3 is 5.32 Å². The van der Waals surface area contributed by atoms with Gasteiger partial charge in [0.05, 0.1) is 16.4 Å². The lowest BCUT2D eigenvalue weighted by molar-refractivity contribution is 0.622. The maximum absolute atomic E-state index is 6.10. The van der Waals surface area contributed by atoms with Crippen LogP contribution >= 0.6 is 34.2 Å². The third-order valence-electron chi connectivity index (χ3n) is 2.04. The molecule has 14 heavy (non-hydrogen) atoms. The molecule has 0 saturated heterocycles. The van der Waals surface area contributed by atoms with Gasteiger partial charge in [0.1, 0.15) is 0 Å². The second-order valence-corrected chi connectivity index (χ2v) is 4.65. The van der Waals surface area contributed by atoms with E-state index in [4.69, 9.17) is 11.6 Å². The molecule has 0 bridgehead atoms. The van der Waals surface area contributed by atoms with E-state index in [1.807, 2.05) is 18.7 Å². The van der Waals surface area contributed by atoms with Gasteiger partial charge in [0.2, 0.25) is 0 Å². The molecule has 3 nitrogen and oxygen atoms in total. The minimum atomic E-state index is 0.787. The largest absolute Gasteiger partial charge is 0.311 e. The zero-order chi connectivity index (χ0) is 10.6. The van der Waals surface area contributed by atoms with Gasteiger partial charge in [0.15, 0.2) is 0 Å². The molecule has 1 N–H and O–H groups in total. The second kappa shape index (κ2) is 5.92. The number of hydrogen-bond donors (Lipinski definition) is 1. The van der Waals surface area contributed by atoms with Crippen molar-refractivity contribution in [1.82, 2.24) is 15.1 Å². The van der Waals surface area contributed by atoms with Crippen molar-refractivity contribution >= 4 is 34.2 Å². The van der Waals surface area contributed by atoms with Crippen LogP contribution in [0.25, 0.3) is 0 Å². The van der Waals surface area contributed by atoms with Crippen LogP contribution in [0.4, 0.5) is 0 Å². The number of nitrogens with one attached hydrogen (secondary N) is 1. The summed E-state index contributed by atoms with van der Waals surface area (Å²) in [7, 11) is 1.92. The summed E-state index contributed by atoms with van der Waals surface area (Å²) in [5.74, 6) is 0. The average Bonchev–Trinajstić information content (AvgIpc) is 2.38. The molecule has 0 aliphatic rings. The Morgan fingerprint density at radius 1 is 1.57 bits per heavy atom. The van der Waals surface area contributed by atoms with Gasteiger partial charge in [-0.3, -0.25) is 4.68 Å². The minimum absolute atomic E-state index is 0.787. The van der Waals surface area contributed by atoms with Crippen molar-refractivity contribution in [3.8, 4) is 0 Å². The van der Waals surface area contributed by atoms with Crippen molar-refractivity contribution in [1.29, 1.82) is 0 Å². The predicted molar refractivity (Wildman–Crippen MR) is 68.2 cm³/mol. The molecule has 5 heteroatoms. The van der Waals surface area contributed by atoms with Crippen molar-refractivity contribution in [2.45, 2.75) is 19.9 Å². The summed E-state index contributed by atoms with van der Waals surface area (Å²) >= 11 is 8.48. The molecule has 0 aliphatic heterocycles. The van der Waals surface area contributed by atoms with Gasteiger partial charge in [-0.25, -0.2) is 0 Å². The highest BCUT2D eigenvalue weighted by Crippen LogP contribution is 2.18. The van der Waals surface area contributed by atoms with Crippen LogP contribution in [0.2, 0.25) is 5.02 Å². The van der Waals surface area contributed by atoms with Gasteiger partial charge in [-0.15, -0.1) is 0 Å². The van der Waals surface area contributed by atoms with E-state index in [-0.39, 0.29) is 0 Å². The molecular weight excluding hydrogens is 312 g/mol. The Kier molecular flexibility index (Phi) is 5.19. The highest BCUT2D eigenvalue weighted by Gasteiger charge is 2.09. The molecule has 80 valence electrons. The van der Waals surface area contributed by atoms with E-state index < -0.39 is 0 Å². The molecule has 1 rings (SSSR count). The van der Waals surface area contributed by atoms with Crippen LogP contribution in [0.5, 0.6) is 0 Å². The maximum Gasteiger partial charge on any atom is 0.0860 e. The topological polar surface area (TPSA) is 29.9 Å². The number of aryl methyl sites for hydroxylation is 2. The summed E-state index contributed by atoms with van der Waals surface area (Å²) in [6.45, 7) is 3.76. The first kappa shape index (κ1) is 12.3. The molecule has 0 spiro atoms. The van der Waals surface area contributed by atoms with E-state index >= 15 is 0 Å². The van der Waals surface area contributed by atoms with Crippen LogP contribution in [0, 0.1) is 6.92 Å². The highest BCUT2D eigenvalue weighted by molar-refractivity contribution is 14.1. The minimum Gasteiger partial charge on any atom is -0.311 e. The Hall–Kier alpha value is 0.190. The summed E-state index contributed by atoms with van der Waals surface area (Å²) in [5.41, 5.74) is 1.97. The molecule has 1 aromatic rings.